The summed E-state index contributed by atoms with van der Waals surface area (Å²) in [6.45, 7) is 4.32. The van der Waals surface area contributed by atoms with E-state index in [-0.39, 0.29) is 5.82 Å². The molecule has 128 valence electrons. The Labute approximate surface area is 140 Å². The minimum atomic E-state index is -0.890. The summed E-state index contributed by atoms with van der Waals surface area (Å²) in [5.41, 5.74) is 1.85. The second kappa shape index (κ2) is 7.13. The second-order valence-electron chi connectivity index (χ2n) is 6.23. The van der Waals surface area contributed by atoms with Crippen molar-refractivity contribution in [2.24, 2.45) is 0 Å². The van der Waals surface area contributed by atoms with Crippen molar-refractivity contribution in [2.75, 3.05) is 13.1 Å². The largest absolute Gasteiger partial charge is 0.480 e. The molecule has 6 heteroatoms. The van der Waals surface area contributed by atoms with E-state index in [1.807, 2.05) is 15.8 Å². The van der Waals surface area contributed by atoms with E-state index in [1.54, 1.807) is 12.1 Å². The van der Waals surface area contributed by atoms with Crippen molar-refractivity contribution in [2.45, 2.75) is 38.3 Å². The number of aryl methyl sites for hydroxylation is 1. The number of piperidine rings is 1. The van der Waals surface area contributed by atoms with Crippen LogP contribution < -0.4 is 0 Å². The predicted octanol–water partition coefficient (Wildman–Crippen LogP) is 3.05. The first kappa shape index (κ1) is 16.6. The van der Waals surface area contributed by atoms with Gasteiger partial charge in [-0.15, -0.1) is 0 Å². The van der Waals surface area contributed by atoms with Gasteiger partial charge in [0.1, 0.15) is 11.9 Å². The zero-order chi connectivity index (χ0) is 17.1. The fourth-order valence-electron chi connectivity index (χ4n) is 3.41. The number of carbonyl (C=O) groups is 1. The lowest BCUT2D eigenvalue weighted by Crippen LogP contribution is -2.39. The molecule has 1 N–H and O–H groups in total. The van der Waals surface area contributed by atoms with Crippen LogP contribution in [0.2, 0.25) is 0 Å². The number of aliphatic carboxylic acids is 1. The van der Waals surface area contributed by atoms with Crippen molar-refractivity contribution < 1.29 is 14.3 Å². The van der Waals surface area contributed by atoms with Gasteiger partial charge in [0, 0.05) is 12.7 Å². The monoisotopic (exact) mass is 331 g/mol. The molecule has 0 spiro atoms. The number of benzene rings is 1. The number of carboxylic acid groups (broad SMARTS) is 1. The molecule has 5 nitrogen and oxygen atoms in total. The van der Waals surface area contributed by atoms with E-state index in [0.717, 1.165) is 19.4 Å². The molecule has 0 radical (unpaired) electrons. The van der Waals surface area contributed by atoms with Gasteiger partial charge in [0.2, 0.25) is 0 Å². The van der Waals surface area contributed by atoms with Crippen LogP contribution in [0, 0.1) is 5.82 Å². The van der Waals surface area contributed by atoms with Crippen molar-refractivity contribution in [3.05, 3.63) is 53.6 Å². The van der Waals surface area contributed by atoms with Gasteiger partial charge in [-0.05, 0) is 62.0 Å². The number of aromatic nitrogens is 2. The Morgan fingerprint density at radius 1 is 1.33 bits per heavy atom. The molecule has 0 aliphatic carbocycles. The molecule has 0 bridgehead atoms. The lowest BCUT2D eigenvalue weighted by atomic mass is 9.90. The summed E-state index contributed by atoms with van der Waals surface area (Å²) < 4.78 is 15.0. The maximum Gasteiger partial charge on any atom is 0.325 e. The van der Waals surface area contributed by atoms with Crippen LogP contribution >= 0.6 is 0 Å². The van der Waals surface area contributed by atoms with Crippen LogP contribution in [0.4, 0.5) is 4.39 Å². The first-order chi connectivity index (χ1) is 11.6. The van der Waals surface area contributed by atoms with Crippen molar-refractivity contribution in [1.82, 2.24) is 14.7 Å². The van der Waals surface area contributed by atoms with Crippen LogP contribution in [-0.4, -0.2) is 38.8 Å². The van der Waals surface area contributed by atoms with E-state index in [2.05, 4.69) is 18.2 Å². The van der Waals surface area contributed by atoms with Gasteiger partial charge >= 0.3 is 5.97 Å². The summed E-state index contributed by atoms with van der Waals surface area (Å²) in [7, 11) is 0. The van der Waals surface area contributed by atoms with Crippen LogP contribution in [0.1, 0.15) is 42.9 Å². The van der Waals surface area contributed by atoms with E-state index in [9.17, 15) is 14.3 Å². The van der Waals surface area contributed by atoms with Crippen molar-refractivity contribution >= 4 is 5.97 Å². The zero-order valence-electron chi connectivity index (χ0n) is 13.7. The fourth-order valence-corrected chi connectivity index (χ4v) is 3.41. The molecule has 2 aromatic rings. The SMILES string of the molecule is CCn1cc(C2CCN(C(C(=O)O)c3ccc(F)cc3)CC2)cn1. The maximum absolute atomic E-state index is 13.1. The average Bonchev–Trinajstić information content (AvgIpc) is 3.06. The number of likely N-dealkylation sites (tertiary alicyclic amines) is 1. The number of hydrogen-bond donors (Lipinski definition) is 1. The number of nitrogens with zero attached hydrogens (tertiary/aromatic N) is 3. The molecule has 0 saturated carbocycles. The second-order valence-corrected chi connectivity index (χ2v) is 6.23. The summed E-state index contributed by atoms with van der Waals surface area (Å²) in [6, 6.07) is 5.04. The van der Waals surface area contributed by atoms with Crippen molar-refractivity contribution in [3.8, 4) is 0 Å². The predicted molar refractivity (Wildman–Crippen MR) is 88.2 cm³/mol. The minimum Gasteiger partial charge on any atom is -0.480 e. The Bertz CT molecular complexity index is 691. The molecule has 1 aliphatic heterocycles. The Morgan fingerprint density at radius 3 is 2.54 bits per heavy atom. The highest BCUT2D eigenvalue weighted by Gasteiger charge is 2.31. The molecule has 1 unspecified atom stereocenters. The highest BCUT2D eigenvalue weighted by Crippen LogP contribution is 2.32. The van der Waals surface area contributed by atoms with E-state index in [0.29, 0.717) is 24.6 Å². The number of hydrogen-bond acceptors (Lipinski definition) is 3. The van der Waals surface area contributed by atoms with Gasteiger partial charge < -0.3 is 5.11 Å². The zero-order valence-corrected chi connectivity index (χ0v) is 13.7. The molecular weight excluding hydrogens is 309 g/mol. The lowest BCUT2D eigenvalue weighted by molar-refractivity contribution is -0.144. The summed E-state index contributed by atoms with van der Waals surface area (Å²) in [5.74, 6) is -0.822. The van der Waals surface area contributed by atoms with Gasteiger partial charge in [-0.25, -0.2) is 4.39 Å². The van der Waals surface area contributed by atoms with Crippen LogP contribution in [0.25, 0.3) is 0 Å². The van der Waals surface area contributed by atoms with Crippen molar-refractivity contribution in [3.63, 3.8) is 0 Å². The van der Waals surface area contributed by atoms with Gasteiger partial charge in [-0.2, -0.15) is 5.10 Å². The van der Waals surface area contributed by atoms with Gasteiger partial charge in [0.15, 0.2) is 0 Å². The normalized spacial score (nSPS) is 17.8. The van der Waals surface area contributed by atoms with E-state index < -0.39 is 12.0 Å². The summed E-state index contributed by atoms with van der Waals surface area (Å²) in [5, 5.41) is 13.9. The number of halogens is 1. The molecule has 3 rings (SSSR count). The molecule has 1 fully saturated rings. The smallest absolute Gasteiger partial charge is 0.325 e. The topological polar surface area (TPSA) is 58.4 Å². The van der Waals surface area contributed by atoms with Gasteiger partial charge in [-0.3, -0.25) is 14.4 Å². The Hall–Kier alpha value is -2.21. The maximum atomic E-state index is 13.1. The first-order valence-electron chi connectivity index (χ1n) is 8.33. The molecular formula is C18H22FN3O2. The molecule has 1 aromatic carbocycles. The lowest BCUT2D eigenvalue weighted by Gasteiger charge is -2.35. The Kier molecular flexibility index (Phi) is 4.94. The van der Waals surface area contributed by atoms with Gasteiger partial charge in [0.05, 0.1) is 6.20 Å². The number of rotatable bonds is 5. The van der Waals surface area contributed by atoms with Crippen LogP contribution in [0.3, 0.4) is 0 Å². The van der Waals surface area contributed by atoms with E-state index >= 15 is 0 Å². The third kappa shape index (κ3) is 3.48. The molecule has 1 atom stereocenters. The highest BCUT2D eigenvalue weighted by molar-refractivity contribution is 5.75. The quantitative estimate of drug-likeness (QED) is 0.915. The third-order valence-electron chi connectivity index (χ3n) is 4.76. The third-order valence-corrected chi connectivity index (χ3v) is 4.76. The summed E-state index contributed by atoms with van der Waals surface area (Å²) in [4.78, 5) is 13.7. The van der Waals surface area contributed by atoms with Crippen molar-refractivity contribution in [1.29, 1.82) is 0 Å². The van der Waals surface area contributed by atoms with Gasteiger partial charge in [-0.1, -0.05) is 12.1 Å². The molecule has 1 aromatic heterocycles. The standard InChI is InChI=1S/C18H22FN3O2/c1-2-22-12-15(11-20-22)13-7-9-21(10-8-13)17(18(23)24)14-3-5-16(19)6-4-14/h3-6,11-13,17H,2,7-10H2,1H3,(H,23,24). The summed E-state index contributed by atoms with van der Waals surface area (Å²) >= 11 is 0. The Balaban J connectivity index is 1.69. The highest BCUT2D eigenvalue weighted by atomic mass is 19.1. The fraction of sp³-hybridized carbons (Fsp3) is 0.444. The molecule has 1 aliphatic rings. The molecule has 2 heterocycles. The van der Waals surface area contributed by atoms with Gasteiger partial charge in [0.25, 0.3) is 0 Å². The average molecular weight is 331 g/mol. The number of carboxylic acids is 1. The molecule has 1 saturated heterocycles. The molecule has 24 heavy (non-hydrogen) atoms. The van der Waals surface area contributed by atoms with E-state index in [4.69, 9.17) is 0 Å². The Morgan fingerprint density at radius 2 is 2.00 bits per heavy atom. The minimum absolute atomic E-state index is 0.352. The van der Waals surface area contributed by atoms with Crippen LogP contribution in [0.15, 0.2) is 36.7 Å². The van der Waals surface area contributed by atoms with Crippen LogP contribution in [-0.2, 0) is 11.3 Å². The molecule has 0 amide bonds. The summed E-state index contributed by atoms with van der Waals surface area (Å²) in [6.07, 6.45) is 5.80. The first-order valence-corrected chi connectivity index (χ1v) is 8.33. The van der Waals surface area contributed by atoms with Crippen LogP contribution in [0.5, 0.6) is 0 Å². The van der Waals surface area contributed by atoms with E-state index in [1.165, 1.54) is 17.7 Å².